The molecular weight excluding hydrogens is 259 g/mol. The van der Waals surface area contributed by atoms with Crippen molar-refractivity contribution in [3.63, 3.8) is 0 Å². The van der Waals surface area contributed by atoms with Gasteiger partial charge in [0.2, 0.25) is 5.91 Å². The number of H-pyrrole nitrogens is 1. The lowest BCUT2D eigenvalue weighted by Crippen LogP contribution is -2.08. The molecular formula is C14H17FN4O. The normalized spacial score (nSPS) is 10.4. The van der Waals surface area contributed by atoms with Crippen molar-refractivity contribution in [3.8, 4) is 0 Å². The number of aryl methyl sites for hydroxylation is 2. The van der Waals surface area contributed by atoms with Crippen LogP contribution in [0.1, 0.15) is 23.9 Å². The lowest BCUT2D eigenvalue weighted by molar-refractivity contribution is -0.114. The summed E-state index contributed by atoms with van der Waals surface area (Å²) in [6, 6.07) is 4.42. The summed E-state index contributed by atoms with van der Waals surface area (Å²) in [5.74, 6) is -0.554. The molecule has 6 heteroatoms. The first kappa shape index (κ1) is 14.0. The van der Waals surface area contributed by atoms with Crippen LogP contribution >= 0.6 is 0 Å². The van der Waals surface area contributed by atoms with E-state index in [2.05, 4.69) is 20.8 Å². The minimum atomic E-state index is -0.363. The van der Waals surface area contributed by atoms with Crippen LogP contribution in [0.15, 0.2) is 18.2 Å². The van der Waals surface area contributed by atoms with E-state index in [0.29, 0.717) is 17.9 Å². The molecule has 0 fully saturated rings. The van der Waals surface area contributed by atoms with E-state index >= 15 is 0 Å². The highest BCUT2D eigenvalue weighted by Gasteiger charge is 2.08. The van der Waals surface area contributed by atoms with Crippen molar-refractivity contribution in [2.75, 3.05) is 10.6 Å². The number of amides is 1. The van der Waals surface area contributed by atoms with E-state index in [1.807, 2.05) is 13.8 Å². The van der Waals surface area contributed by atoms with Crippen LogP contribution in [0.2, 0.25) is 0 Å². The van der Waals surface area contributed by atoms with E-state index in [1.54, 1.807) is 6.07 Å². The highest BCUT2D eigenvalue weighted by Crippen LogP contribution is 2.21. The van der Waals surface area contributed by atoms with Crippen LogP contribution in [0.5, 0.6) is 0 Å². The van der Waals surface area contributed by atoms with Crippen LogP contribution in [0, 0.1) is 19.7 Å². The summed E-state index contributed by atoms with van der Waals surface area (Å²) in [5, 5.41) is 12.6. The Morgan fingerprint density at radius 2 is 2.15 bits per heavy atom. The van der Waals surface area contributed by atoms with Crippen LogP contribution in [0.25, 0.3) is 0 Å². The molecule has 1 amide bonds. The Morgan fingerprint density at radius 3 is 2.75 bits per heavy atom. The molecule has 1 heterocycles. The summed E-state index contributed by atoms with van der Waals surface area (Å²) in [4.78, 5) is 11.0. The van der Waals surface area contributed by atoms with Gasteiger partial charge in [-0.05, 0) is 32.0 Å². The van der Waals surface area contributed by atoms with Gasteiger partial charge >= 0.3 is 0 Å². The van der Waals surface area contributed by atoms with Crippen molar-refractivity contribution in [2.24, 2.45) is 0 Å². The lowest BCUT2D eigenvalue weighted by atomic mass is 10.2. The summed E-state index contributed by atoms with van der Waals surface area (Å²) in [6.07, 6.45) is 0. The zero-order valence-corrected chi connectivity index (χ0v) is 11.7. The Balaban J connectivity index is 2.14. The van der Waals surface area contributed by atoms with Gasteiger partial charge in [0.1, 0.15) is 5.82 Å². The maximum absolute atomic E-state index is 13.7. The van der Waals surface area contributed by atoms with E-state index in [-0.39, 0.29) is 11.7 Å². The van der Waals surface area contributed by atoms with Crippen LogP contribution < -0.4 is 10.6 Å². The van der Waals surface area contributed by atoms with Crippen LogP contribution in [0.4, 0.5) is 15.8 Å². The van der Waals surface area contributed by atoms with Crippen molar-refractivity contribution in [1.82, 2.24) is 10.2 Å². The maximum Gasteiger partial charge on any atom is 0.221 e. The fourth-order valence-electron chi connectivity index (χ4n) is 1.96. The minimum absolute atomic E-state index is 0.191. The molecule has 0 saturated heterocycles. The second-order valence-electron chi connectivity index (χ2n) is 4.64. The molecule has 106 valence electrons. The number of carbonyl (C=O) groups excluding carboxylic acids is 1. The van der Waals surface area contributed by atoms with E-state index in [0.717, 1.165) is 17.0 Å². The first-order valence-electron chi connectivity index (χ1n) is 6.29. The average molecular weight is 276 g/mol. The summed E-state index contributed by atoms with van der Waals surface area (Å²) in [5.41, 5.74) is 3.74. The van der Waals surface area contributed by atoms with E-state index in [9.17, 15) is 9.18 Å². The monoisotopic (exact) mass is 276 g/mol. The third-order valence-electron chi connectivity index (χ3n) is 3.02. The highest BCUT2D eigenvalue weighted by molar-refractivity contribution is 5.89. The number of benzene rings is 1. The Morgan fingerprint density at radius 1 is 1.40 bits per heavy atom. The summed E-state index contributed by atoms with van der Waals surface area (Å²) < 4.78 is 13.7. The number of rotatable bonds is 4. The van der Waals surface area contributed by atoms with Crippen LogP contribution in [-0.4, -0.2) is 16.1 Å². The van der Waals surface area contributed by atoms with E-state index < -0.39 is 0 Å². The SMILES string of the molecule is CC(=O)Nc1ccc(F)c(NCc2c(C)n[nH]c2C)c1. The Bertz CT molecular complexity index is 617. The van der Waals surface area contributed by atoms with Gasteiger partial charge in [0, 0.05) is 30.4 Å². The third kappa shape index (κ3) is 3.14. The number of nitrogens with zero attached hydrogens (tertiary/aromatic N) is 1. The van der Waals surface area contributed by atoms with Crippen molar-refractivity contribution in [2.45, 2.75) is 27.3 Å². The number of hydrogen-bond donors (Lipinski definition) is 3. The maximum atomic E-state index is 13.7. The van der Waals surface area contributed by atoms with Gasteiger partial charge in [-0.1, -0.05) is 0 Å². The molecule has 0 spiro atoms. The number of aromatic nitrogens is 2. The van der Waals surface area contributed by atoms with Gasteiger partial charge in [-0.15, -0.1) is 0 Å². The number of nitrogens with one attached hydrogen (secondary N) is 3. The van der Waals surface area contributed by atoms with Crippen molar-refractivity contribution in [3.05, 3.63) is 41.0 Å². The quantitative estimate of drug-likeness (QED) is 0.804. The molecule has 0 atom stereocenters. The fourth-order valence-corrected chi connectivity index (χ4v) is 1.96. The molecule has 0 unspecified atom stereocenters. The molecule has 2 rings (SSSR count). The smallest absolute Gasteiger partial charge is 0.221 e. The first-order valence-corrected chi connectivity index (χ1v) is 6.29. The number of aromatic amines is 1. The van der Waals surface area contributed by atoms with Gasteiger partial charge in [0.25, 0.3) is 0 Å². The predicted octanol–water partition coefficient (Wildman–Crippen LogP) is 2.74. The minimum Gasteiger partial charge on any atom is -0.378 e. The first-order chi connectivity index (χ1) is 9.47. The molecule has 0 aliphatic heterocycles. The second kappa shape index (κ2) is 5.73. The molecule has 5 nitrogen and oxygen atoms in total. The molecule has 0 bridgehead atoms. The van der Waals surface area contributed by atoms with Gasteiger partial charge in [-0.2, -0.15) is 5.10 Å². The number of anilines is 2. The summed E-state index contributed by atoms with van der Waals surface area (Å²) in [7, 11) is 0. The molecule has 0 aliphatic carbocycles. The van der Waals surface area contributed by atoms with Gasteiger partial charge in [-0.25, -0.2) is 4.39 Å². The van der Waals surface area contributed by atoms with Gasteiger partial charge < -0.3 is 10.6 Å². The van der Waals surface area contributed by atoms with Gasteiger partial charge in [0.05, 0.1) is 11.4 Å². The standard InChI is InChI=1S/C14H17FN4O/c1-8-12(9(2)19-18-8)7-16-14-6-11(17-10(3)20)4-5-13(14)15/h4-6,16H,7H2,1-3H3,(H,17,20)(H,18,19). The molecule has 0 radical (unpaired) electrons. The predicted molar refractivity (Wildman–Crippen MR) is 76.1 cm³/mol. The molecule has 2 aromatic rings. The zero-order chi connectivity index (χ0) is 14.7. The highest BCUT2D eigenvalue weighted by atomic mass is 19.1. The van der Waals surface area contributed by atoms with Gasteiger partial charge in [-0.3, -0.25) is 9.89 Å². The molecule has 0 saturated carbocycles. The van der Waals surface area contributed by atoms with Crippen LogP contribution in [0.3, 0.4) is 0 Å². The topological polar surface area (TPSA) is 69.8 Å². The lowest BCUT2D eigenvalue weighted by Gasteiger charge is -2.10. The third-order valence-corrected chi connectivity index (χ3v) is 3.02. The molecule has 0 aliphatic rings. The van der Waals surface area contributed by atoms with Crippen molar-refractivity contribution < 1.29 is 9.18 Å². The number of hydrogen-bond acceptors (Lipinski definition) is 3. The molecule has 1 aromatic heterocycles. The average Bonchev–Trinajstić information content (AvgIpc) is 2.69. The van der Waals surface area contributed by atoms with Crippen molar-refractivity contribution >= 4 is 17.3 Å². The molecule has 3 N–H and O–H groups in total. The van der Waals surface area contributed by atoms with Crippen molar-refractivity contribution in [1.29, 1.82) is 0 Å². The Labute approximate surface area is 116 Å². The zero-order valence-electron chi connectivity index (χ0n) is 11.7. The summed E-state index contributed by atoms with van der Waals surface area (Å²) >= 11 is 0. The van der Waals surface area contributed by atoms with Gasteiger partial charge in [0.15, 0.2) is 0 Å². The van der Waals surface area contributed by atoms with E-state index in [1.165, 1.54) is 19.1 Å². The largest absolute Gasteiger partial charge is 0.378 e. The second-order valence-corrected chi connectivity index (χ2v) is 4.64. The Kier molecular flexibility index (Phi) is 4.02. The summed E-state index contributed by atoms with van der Waals surface area (Å²) in [6.45, 7) is 5.69. The molecule has 1 aromatic carbocycles. The van der Waals surface area contributed by atoms with Crippen LogP contribution in [-0.2, 0) is 11.3 Å². The number of carbonyl (C=O) groups is 1. The number of halogens is 1. The Hall–Kier alpha value is -2.37. The van der Waals surface area contributed by atoms with E-state index in [4.69, 9.17) is 0 Å². The molecule has 20 heavy (non-hydrogen) atoms. The fraction of sp³-hybridized carbons (Fsp3) is 0.286.